The van der Waals surface area contributed by atoms with Crippen molar-refractivity contribution in [1.82, 2.24) is 0 Å². The Labute approximate surface area is 119 Å². The van der Waals surface area contributed by atoms with Crippen molar-refractivity contribution in [2.24, 2.45) is 17.6 Å². The van der Waals surface area contributed by atoms with E-state index in [-0.39, 0.29) is 11.9 Å². The third-order valence-electron chi connectivity index (χ3n) is 4.08. The number of benzene rings is 1. The molecule has 1 saturated carbocycles. The Hall–Kier alpha value is -1.22. The third kappa shape index (κ3) is 3.41. The fourth-order valence-electron chi connectivity index (χ4n) is 2.60. The number of nitrogens with two attached hydrogens (primary N) is 1. The van der Waals surface area contributed by atoms with Crippen LogP contribution < -0.4 is 10.5 Å². The second kappa shape index (κ2) is 5.83. The molecule has 0 bridgehead atoms. The zero-order chi connectivity index (χ0) is 14.0. The fraction of sp³-hybridized carbons (Fsp3) is 0.533. The number of hydrogen-bond acceptors (Lipinski definition) is 2. The normalized spacial score (nSPS) is 27.0. The predicted octanol–water partition coefficient (Wildman–Crippen LogP) is 3.83. The van der Waals surface area contributed by atoms with Gasteiger partial charge in [0.25, 0.3) is 0 Å². The molecule has 0 heterocycles. The van der Waals surface area contributed by atoms with Gasteiger partial charge in [-0.25, -0.2) is 0 Å². The Balaban J connectivity index is 2.14. The Morgan fingerprint density at radius 3 is 2.68 bits per heavy atom. The van der Waals surface area contributed by atoms with Gasteiger partial charge in [-0.2, -0.15) is 0 Å². The summed E-state index contributed by atoms with van der Waals surface area (Å²) >= 11 is 6.00. The molecule has 3 atom stereocenters. The van der Waals surface area contributed by atoms with Crippen molar-refractivity contribution in [2.75, 3.05) is 0 Å². The molecule has 1 aliphatic rings. The first-order chi connectivity index (χ1) is 8.97. The van der Waals surface area contributed by atoms with Gasteiger partial charge in [0, 0.05) is 5.02 Å². The molecule has 0 aliphatic heterocycles. The molecule has 1 aliphatic carbocycles. The van der Waals surface area contributed by atoms with Crippen LogP contribution >= 0.6 is 11.6 Å². The molecule has 1 aromatic carbocycles. The maximum Gasteiger partial charge on any atom is 0.132 e. The van der Waals surface area contributed by atoms with Crippen molar-refractivity contribution in [3.63, 3.8) is 0 Å². The molecule has 0 amide bonds. The Bertz CT molecular complexity index is 475. The van der Waals surface area contributed by atoms with Crippen molar-refractivity contribution >= 4 is 17.4 Å². The number of hydrogen-bond donors (Lipinski definition) is 2. The lowest BCUT2D eigenvalue weighted by Crippen LogP contribution is -2.29. The van der Waals surface area contributed by atoms with Crippen LogP contribution in [0.1, 0.15) is 38.7 Å². The van der Waals surface area contributed by atoms with Crippen LogP contribution in [0.3, 0.4) is 0 Å². The Morgan fingerprint density at radius 2 is 2.05 bits per heavy atom. The molecule has 3 unspecified atom stereocenters. The molecule has 0 radical (unpaired) electrons. The smallest absolute Gasteiger partial charge is 0.132 e. The van der Waals surface area contributed by atoms with Gasteiger partial charge in [0.2, 0.25) is 0 Å². The molecule has 1 fully saturated rings. The van der Waals surface area contributed by atoms with Gasteiger partial charge in [0.1, 0.15) is 11.6 Å². The first-order valence-corrected chi connectivity index (χ1v) is 7.15. The Morgan fingerprint density at radius 1 is 1.32 bits per heavy atom. The van der Waals surface area contributed by atoms with E-state index in [1.54, 1.807) is 18.2 Å². The minimum Gasteiger partial charge on any atom is -0.490 e. The molecule has 2 rings (SSSR count). The number of nitrogens with one attached hydrogen (secondary N) is 1. The van der Waals surface area contributed by atoms with Crippen molar-refractivity contribution in [1.29, 1.82) is 5.41 Å². The summed E-state index contributed by atoms with van der Waals surface area (Å²) in [6.07, 6.45) is 3.48. The van der Waals surface area contributed by atoms with Gasteiger partial charge in [0.05, 0.1) is 11.7 Å². The first-order valence-electron chi connectivity index (χ1n) is 6.78. The van der Waals surface area contributed by atoms with Crippen LogP contribution in [0, 0.1) is 17.2 Å². The van der Waals surface area contributed by atoms with Gasteiger partial charge >= 0.3 is 0 Å². The van der Waals surface area contributed by atoms with Crippen LogP contribution in [0.5, 0.6) is 5.75 Å². The van der Waals surface area contributed by atoms with Crippen molar-refractivity contribution in [2.45, 2.75) is 39.2 Å². The lowest BCUT2D eigenvalue weighted by molar-refractivity contribution is 0.100. The lowest BCUT2D eigenvalue weighted by Gasteiger charge is -2.32. The topological polar surface area (TPSA) is 59.1 Å². The van der Waals surface area contributed by atoms with Gasteiger partial charge in [-0.15, -0.1) is 0 Å². The molecule has 0 aromatic heterocycles. The molecule has 1 aromatic rings. The summed E-state index contributed by atoms with van der Waals surface area (Å²) in [7, 11) is 0. The number of rotatable bonds is 3. The highest BCUT2D eigenvalue weighted by Gasteiger charge is 2.26. The molecule has 4 heteroatoms. The van der Waals surface area contributed by atoms with E-state index in [1.165, 1.54) is 6.42 Å². The summed E-state index contributed by atoms with van der Waals surface area (Å²) in [5.41, 5.74) is 6.20. The number of nitrogen functional groups attached to an aromatic ring is 1. The molecule has 3 nitrogen and oxygen atoms in total. The van der Waals surface area contributed by atoms with Gasteiger partial charge in [0.15, 0.2) is 0 Å². The molecule has 0 spiro atoms. The molecular formula is C15H21ClN2O. The van der Waals surface area contributed by atoms with Gasteiger partial charge < -0.3 is 10.5 Å². The maximum atomic E-state index is 7.59. The summed E-state index contributed by atoms with van der Waals surface area (Å²) in [6, 6.07) is 5.23. The average Bonchev–Trinajstić information content (AvgIpc) is 2.33. The highest BCUT2D eigenvalue weighted by atomic mass is 35.5. The van der Waals surface area contributed by atoms with Crippen molar-refractivity contribution in [3.8, 4) is 5.75 Å². The predicted molar refractivity (Wildman–Crippen MR) is 79.1 cm³/mol. The van der Waals surface area contributed by atoms with E-state index >= 15 is 0 Å². The SMILES string of the molecule is CC1CCC(Oc2cc(Cl)ccc2C(=N)N)CC1C. The third-order valence-corrected chi connectivity index (χ3v) is 4.31. The average molecular weight is 281 g/mol. The quantitative estimate of drug-likeness (QED) is 0.653. The lowest BCUT2D eigenvalue weighted by atomic mass is 9.80. The van der Waals surface area contributed by atoms with E-state index < -0.39 is 0 Å². The van der Waals surface area contributed by atoms with E-state index in [0.29, 0.717) is 22.3 Å². The fourth-order valence-corrected chi connectivity index (χ4v) is 2.76. The zero-order valence-corrected chi connectivity index (χ0v) is 12.2. The number of ether oxygens (including phenoxy) is 1. The van der Waals surface area contributed by atoms with E-state index in [4.69, 9.17) is 27.5 Å². The van der Waals surface area contributed by atoms with Crippen LogP contribution in [0.4, 0.5) is 0 Å². The molecule has 104 valence electrons. The van der Waals surface area contributed by atoms with Crippen molar-refractivity contribution < 1.29 is 4.74 Å². The first kappa shape index (κ1) is 14.2. The van der Waals surface area contributed by atoms with Gasteiger partial charge in [-0.3, -0.25) is 5.41 Å². The highest BCUT2D eigenvalue weighted by molar-refractivity contribution is 6.30. The van der Waals surface area contributed by atoms with Gasteiger partial charge in [-0.1, -0.05) is 25.4 Å². The standard InChI is InChI=1S/C15H21ClN2O/c1-9-3-5-12(7-10(9)2)19-14-8-11(16)4-6-13(14)15(17)18/h4,6,8-10,12H,3,5,7H2,1-2H3,(H3,17,18). The van der Waals surface area contributed by atoms with E-state index in [2.05, 4.69) is 13.8 Å². The molecular weight excluding hydrogens is 260 g/mol. The Kier molecular flexibility index (Phi) is 4.35. The van der Waals surface area contributed by atoms with Crippen LogP contribution in [0.25, 0.3) is 0 Å². The second-order valence-corrected chi connectivity index (χ2v) is 6.00. The summed E-state index contributed by atoms with van der Waals surface area (Å²) in [5, 5.41) is 8.20. The van der Waals surface area contributed by atoms with Crippen LogP contribution in [-0.4, -0.2) is 11.9 Å². The summed E-state index contributed by atoms with van der Waals surface area (Å²) in [5.74, 6) is 2.07. The number of halogens is 1. The summed E-state index contributed by atoms with van der Waals surface area (Å²) < 4.78 is 6.04. The number of amidine groups is 1. The second-order valence-electron chi connectivity index (χ2n) is 5.56. The zero-order valence-electron chi connectivity index (χ0n) is 11.4. The summed E-state index contributed by atoms with van der Waals surface area (Å²) in [6.45, 7) is 4.56. The minimum atomic E-state index is 0.0175. The molecule has 19 heavy (non-hydrogen) atoms. The van der Waals surface area contributed by atoms with Crippen LogP contribution in [0.15, 0.2) is 18.2 Å². The monoisotopic (exact) mass is 280 g/mol. The minimum absolute atomic E-state index is 0.0175. The highest BCUT2D eigenvalue weighted by Crippen LogP contribution is 2.33. The molecule has 0 saturated heterocycles. The van der Waals surface area contributed by atoms with E-state index in [0.717, 1.165) is 18.8 Å². The maximum absolute atomic E-state index is 7.59. The van der Waals surface area contributed by atoms with Crippen LogP contribution in [0.2, 0.25) is 5.02 Å². The van der Waals surface area contributed by atoms with Gasteiger partial charge in [-0.05, 0) is 49.3 Å². The molecule has 3 N–H and O–H groups in total. The van der Waals surface area contributed by atoms with E-state index in [1.807, 2.05) is 0 Å². The van der Waals surface area contributed by atoms with Crippen LogP contribution in [-0.2, 0) is 0 Å². The summed E-state index contributed by atoms with van der Waals surface area (Å²) in [4.78, 5) is 0. The largest absolute Gasteiger partial charge is 0.490 e. The van der Waals surface area contributed by atoms with E-state index in [9.17, 15) is 0 Å². The van der Waals surface area contributed by atoms with Crippen molar-refractivity contribution in [3.05, 3.63) is 28.8 Å².